The van der Waals surface area contributed by atoms with Crippen molar-refractivity contribution < 1.29 is 9.53 Å². The first-order valence-electron chi connectivity index (χ1n) is 15.2. The minimum Gasteiger partial charge on any atom is -0.482 e. The standard InChI is InChI=1S/C38H30BN3O3/c1-25-16-17-32-30(34(25)39)21-29-20-28-14-8-9-15-31(28)38(29,32)42-24-40(22-26-10-4-2-5-11-26)37(44)35-36(33(43)18-19-41(35)42)45-23-27-12-6-3-7-13-27/h2-19,21H,20,22-24H2,1H3. The van der Waals surface area contributed by atoms with E-state index in [0.717, 1.165) is 45.3 Å². The summed E-state index contributed by atoms with van der Waals surface area (Å²) in [5, 5.41) is 2.22. The van der Waals surface area contributed by atoms with Gasteiger partial charge in [0.25, 0.3) is 5.91 Å². The van der Waals surface area contributed by atoms with Crippen molar-refractivity contribution in [3.63, 3.8) is 0 Å². The minimum absolute atomic E-state index is 0.0453. The van der Waals surface area contributed by atoms with Crippen molar-refractivity contribution in [1.82, 2.24) is 9.58 Å². The Kier molecular flexibility index (Phi) is 6.31. The molecule has 8 rings (SSSR count). The third-order valence-electron chi connectivity index (χ3n) is 9.39. The molecule has 2 heterocycles. The Morgan fingerprint density at radius 3 is 2.31 bits per heavy atom. The molecule has 45 heavy (non-hydrogen) atoms. The molecule has 1 aromatic heterocycles. The zero-order valence-electron chi connectivity index (χ0n) is 24.9. The SMILES string of the molecule is [B]c1c(C)ccc2c1C=C1Cc3ccccc3C12N1CN(Cc2ccccc2)C(=O)c2c(OCc3ccccc3)c(=O)ccn21. The van der Waals surface area contributed by atoms with Gasteiger partial charge in [-0.2, -0.15) is 0 Å². The molecular formula is C38H30BN3O3. The summed E-state index contributed by atoms with van der Waals surface area (Å²) in [6.07, 6.45) is 4.69. The van der Waals surface area contributed by atoms with Gasteiger partial charge in [0.1, 0.15) is 26.7 Å². The van der Waals surface area contributed by atoms with Gasteiger partial charge in [-0.25, -0.2) is 0 Å². The predicted octanol–water partition coefficient (Wildman–Crippen LogP) is 4.98. The van der Waals surface area contributed by atoms with E-state index in [1.54, 1.807) is 6.20 Å². The Labute approximate surface area is 263 Å². The number of ether oxygens (including phenoxy) is 1. The first-order valence-corrected chi connectivity index (χ1v) is 15.2. The summed E-state index contributed by atoms with van der Waals surface area (Å²) in [5.41, 5.74) is 8.44. The number of aryl methyl sites for hydroxylation is 1. The van der Waals surface area contributed by atoms with E-state index in [4.69, 9.17) is 12.6 Å². The van der Waals surface area contributed by atoms with Crippen molar-refractivity contribution in [2.45, 2.75) is 32.0 Å². The van der Waals surface area contributed by atoms with Crippen molar-refractivity contribution in [2.75, 3.05) is 11.7 Å². The molecule has 3 aliphatic rings. The van der Waals surface area contributed by atoms with Gasteiger partial charge in [0.05, 0.1) is 0 Å². The lowest BCUT2D eigenvalue weighted by atomic mass is 9.78. The lowest BCUT2D eigenvalue weighted by Crippen LogP contribution is -2.62. The van der Waals surface area contributed by atoms with E-state index in [1.807, 2.05) is 77.2 Å². The second kappa shape index (κ2) is 10.4. The summed E-state index contributed by atoms with van der Waals surface area (Å²) < 4.78 is 8.10. The average molecular weight is 587 g/mol. The van der Waals surface area contributed by atoms with Gasteiger partial charge >= 0.3 is 0 Å². The number of fused-ring (bicyclic) bond motifs is 6. The molecule has 0 N–H and O–H groups in total. The van der Waals surface area contributed by atoms with Crippen LogP contribution >= 0.6 is 0 Å². The molecule has 0 fully saturated rings. The van der Waals surface area contributed by atoms with Crippen LogP contribution in [0.5, 0.6) is 5.75 Å². The van der Waals surface area contributed by atoms with Crippen LogP contribution in [0.25, 0.3) is 6.08 Å². The number of aromatic nitrogens is 1. The maximum Gasteiger partial charge on any atom is 0.278 e. The normalized spacial score (nSPS) is 17.8. The Bertz CT molecular complexity index is 2070. The van der Waals surface area contributed by atoms with E-state index in [0.29, 0.717) is 6.54 Å². The number of carbonyl (C=O) groups excluding carboxylic acids is 1. The molecule has 0 saturated heterocycles. The van der Waals surface area contributed by atoms with Crippen LogP contribution in [0, 0.1) is 6.92 Å². The van der Waals surface area contributed by atoms with Gasteiger partial charge in [0.2, 0.25) is 5.43 Å². The molecule has 218 valence electrons. The molecule has 0 spiro atoms. The number of rotatable bonds is 6. The highest BCUT2D eigenvalue weighted by Crippen LogP contribution is 2.55. The smallest absolute Gasteiger partial charge is 0.278 e. The summed E-state index contributed by atoms with van der Waals surface area (Å²) in [5.74, 6) is -0.213. The number of hydrogen-bond donors (Lipinski definition) is 0. The van der Waals surface area contributed by atoms with Gasteiger partial charge < -0.3 is 9.64 Å². The lowest BCUT2D eigenvalue weighted by molar-refractivity contribution is 0.0649. The summed E-state index contributed by atoms with van der Waals surface area (Å²) in [7, 11) is 6.73. The van der Waals surface area contributed by atoms with Gasteiger partial charge in [-0.05, 0) is 52.3 Å². The van der Waals surface area contributed by atoms with Gasteiger partial charge in [0, 0.05) is 18.8 Å². The Hall–Kier alpha value is -5.30. The van der Waals surface area contributed by atoms with Crippen molar-refractivity contribution >= 4 is 25.3 Å². The highest BCUT2D eigenvalue weighted by atomic mass is 16.5. The summed E-state index contributed by atoms with van der Waals surface area (Å²) in [4.78, 5) is 29.8. The number of carbonyl (C=O) groups is 1. The largest absolute Gasteiger partial charge is 0.482 e. The maximum atomic E-state index is 14.5. The van der Waals surface area contributed by atoms with Crippen molar-refractivity contribution in [3.8, 4) is 5.75 Å². The molecule has 1 atom stereocenters. The van der Waals surface area contributed by atoms with Crippen LogP contribution in [0.2, 0.25) is 0 Å². The highest BCUT2D eigenvalue weighted by Gasteiger charge is 2.55. The highest BCUT2D eigenvalue weighted by molar-refractivity contribution is 6.35. The molecule has 2 aliphatic carbocycles. The zero-order chi connectivity index (χ0) is 30.7. The summed E-state index contributed by atoms with van der Waals surface area (Å²) in [6, 6.07) is 33.8. The van der Waals surface area contributed by atoms with Gasteiger partial charge in [-0.15, -0.1) is 0 Å². The molecular weight excluding hydrogens is 557 g/mol. The Balaban J connectivity index is 1.36. The second-order valence-electron chi connectivity index (χ2n) is 12.0. The second-order valence-corrected chi connectivity index (χ2v) is 12.0. The Morgan fingerprint density at radius 2 is 1.53 bits per heavy atom. The van der Waals surface area contributed by atoms with Gasteiger partial charge in [-0.1, -0.05) is 114 Å². The number of amides is 1. The van der Waals surface area contributed by atoms with Crippen molar-refractivity contribution in [2.24, 2.45) is 0 Å². The lowest BCUT2D eigenvalue weighted by Gasteiger charge is -2.50. The third-order valence-corrected chi connectivity index (χ3v) is 9.39. The van der Waals surface area contributed by atoms with E-state index in [2.05, 4.69) is 47.5 Å². The number of benzene rings is 4. The first kappa shape index (κ1) is 27.3. The molecule has 1 aliphatic heterocycles. The molecule has 6 nitrogen and oxygen atoms in total. The predicted molar refractivity (Wildman–Crippen MR) is 176 cm³/mol. The van der Waals surface area contributed by atoms with E-state index in [1.165, 1.54) is 17.2 Å². The van der Waals surface area contributed by atoms with Crippen LogP contribution in [0.15, 0.2) is 120 Å². The third kappa shape index (κ3) is 4.11. The van der Waals surface area contributed by atoms with Crippen molar-refractivity contribution in [3.05, 3.63) is 170 Å². The molecule has 7 heteroatoms. The zero-order valence-corrected chi connectivity index (χ0v) is 24.9. The van der Waals surface area contributed by atoms with Crippen LogP contribution in [-0.4, -0.2) is 30.0 Å². The Morgan fingerprint density at radius 1 is 0.822 bits per heavy atom. The van der Waals surface area contributed by atoms with E-state index in [9.17, 15) is 9.59 Å². The van der Waals surface area contributed by atoms with Crippen LogP contribution in [0.1, 0.15) is 49.4 Å². The number of pyridine rings is 1. The topological polar surface area (TPSA) is 54.8 Å². The molecule has 4 aromatic carbocycles. The first-order chi connectivity index (χ1) is 22.0. The molecule has 0 bridgehead atoms. The van der Waals surface area contributed by atoms with E-state index >= 15 is 0 Å². The minimum atomic E-state index is -0.746. The van der Waals surface area contributed by atoms with E-state index in [-0.39, 0.29) is 36.1 Å². The number of nitrogens with zero attached hydrogens (tertiary/aromatic N) is 3. The molecule has 0 saturated carbocycles. The number of hydrogen-bond acceptors (Lipinski definition) is 4. The van der Waals surface area contributed by atoms with Crippen LogP contribution in [-0.2, 0) is 25.1 Å². The monoisotopic (exact) mass is 587 g/mol. The molecule has 2 radical (unpaired) electrons. The summed E-state index contributed by atoms with van der Waals surface area (Å²) >= 11 is 0. The maximum absolute atomic E-state index is 14.5. The fourth-order valence-electron chi connectivity index (χ4n) is 7.25. The van der Waals surface area contributed by atoms with E-state index < -0.39 is 5.54 Å². The van der Waals surface area contributed by atoms with Crippen LogP contribution in [0.4, 0.5) is 0 Å². The quantitative estimate of drug-likeness (QED) is 0.263. The molecule has 1 unspecified atom stereocenters. The van der Waals surface area contributed by atoms with Crippen molar-refractivity contribution in [1.29, 1.82) is 0 Å². The van der Waals surface area contributed by atoms with Crippen LogP contribution < -0.4 is 20.6 Å². The molecule has 5 aromatic rings. The van der Waals surface area contributed by atoms with Gasteiger partial charge in [0.15, 0.2) is 11.4 Å². The summed E-state index contributed by atoms with van der Waals surface area (Å²) in [6.45, 7) is 2.84. The van der Waals surface area contributed by atoms with Crippen LogP contribution in [0.3, 0.4) is 0 Å². The van der Waals surface area contributed by atoms with Gasteiger partial charge in [-0.3, -0.25) is 19.3 Å². The fourth-order valence-corrected chi connectivity index (χ4v) is 7.25. The molecule has 1 amide bonds. The average Bonchev–Trinajstić information content (AvgIpc) is 3.56. The fraction of sp³-hybridized carbons (Fsp3) is 0.158.